The summed E-state index contributed by atoms with van der Waals surface area (Å²) in [6.07, 6.45) is 1.94. The third kappa shape index (κ3) is 3.11. The molecule has 0 N–H and O–H groups in total. The Balaban J connectivity index is 2.51. The van der Waals surface area contributed by atoms with E-state index in [0.717, 1.165) is 21.8 Å². The maximum absolute atomic E-state index is 9.23. The van der Waals surface area contributed by atoms with Gasteiger partial charge in [-0.15, -0.1) is 11.8 Å². The molecule has 0 fully saturated rings. The molecule has 0 amide bonds. The molecule has 5 heteroatoms. The van der Waals surface area contributed by atoms with Crippen molar-refractivity contribution in [2.24, 2.45) is 0 Å². The average Bonchev–Trinajstić information content (AvgIpc) is 2.53. The van der Waals surface area contributed by atoms with Crippen LogP contribution in [0.2, 0.25) is 0 Å². The maximum atomic E-state index is 9.23. The summed E-state index contributed by atoms with van der Waals surface area (Å²) in [5, 5.41) is 9.23. The van der Waals surface area contributed by atoms with Crippen LogP contribution >= 0.6 is 11.8 Å². The Labute approximate surface area is 129 Å². The monoisotopic (exact) mass is 299 g/mol. The van der Waals surface area contributed by atoms with Gasteiger partial charge >= 0.3 is 0 Å². The summed E-state index contributed by atoms with van der Waals surface area (Å²) in [5.74, 6) is 0.371. The van der Waals surface area contributed by atoms with Crippen LogP contribution in [0.4, 0.5) is 5.69 Å². The Morgan fingerprint density at radius 3 is 2.38 bits per heavy atom. The van der Waals surface area contributed by atoms with Crippen LogP contribution in [0.1, 0.15) is 5.56 Å². The van der Waals surface area contributed by atoms with Crippen molar-refractivity contribution in [3.8, 4) is 23.2 Å². The Hall–Kier alpha value is -2.19. The summed E-state index contributed by atoms with van der Waals surface area (Å²) in [5.41, 5.74) is 3.42. The number of anilines is 1. The predicted octanol–water partition coefficient (Wildman–Crippen LogP) is 3.42. The molecule has 0 aliphatic carbocycles. The summed E-state index contributed by atoms with van der Waals surface area (Å²) in [6.45, 7) is 0. The molecular weight excluding hydrogens is 282 g/mol. The number of pyridine rings is 1. The molecule has 0 unspecified atom stereocenters. The van der Waals surface area contributed by atoms with E-state index in [-0.39, 0.29) is 0 Å². The van der Waals surface area contributed by atoms with Crippen LogP contribution in [-0.4, -0.2) is 32.4 Å². The zero-order valence-electron chi connectivity index (χ0n) is 12.5. The Kier molecular flexibility index (Phi) is 4.71. The molecule has 1 aromatic heterocycles. The number of nitrogens with zero attached hydrogens (tertiary/aromatic N) is 3. The number of aromatic nitrogens is 1. The minimum Gasteiger partial charge on any atom is -0.480 e. The van der Waals surface area contributed by atoms with E-state index in [4.69, 9.17) is 4.74 Å². The standard InChI is InChI=1S/C16H17N3OS/c1-19(2)12-7-5-11(6-8-12)14-9-15(21-4)13(10-17)16(18-14)20-3/h5-9H,1-4H3. The Bertz CT molecular complexity index is 650. The van der Waals surface area contributed by atoms with Gasteiger partial charge in [-0.05, 0) is 24.5 Å². The van der Waals surface area contributed by atoms with Crippen molar-refractivity contribution in [1.29, 1.82) is 5.26 Å². The van der Waals surface area contributed by atoms with E-state index in [0.29, 0.717) is 11.4 Å². The second-order valence-electron chi connectivity index (χ2n) is 4.65. The first-order valence-electron chi connectivity index (χ1n) is 6.41. The molecule has 21 heavy (non-hydrogen) atoms. The van der Waals surface area contributed by atoms with E-state index in [1.54, 1.807) is 0 Å². The third-order valence-corrected chi connectivity index (χ3v) is 3.92. The maximum Gasteiger partial charge on any atom is 0.233 e. The zero-order valence-corrected chi connectivity index (χ0v) is 13.4. The van der Waals surface area contributed by atoms with Gasteiger partial charge in [0.2, 0.25) is 5.88 Å². The van der Waals surface area contributed by atoms with Gasteiger partial charge in [0.05, 0.1) is 12.8 Å². The van der Waals surface area contributed by atoms with E-state index < -0.39 is 0 Å². The Morgan fingerprint density at radius 1 is 1.24 bits per heavy atom. The van der Waals surface area contributed by atoms with Gasteiger partial charge in [0.1, 0.15) is 11.6 Å². The molecule has 0 saturated heterocycles. The van der Waals surface area contributed by atoms with Crippen molar-refractivity contribution in [3.63, 3.8) is 0 Å². The van der Waals surface area contributed by atoms with Crippen molar-refractivity contribution in [2.45, 2.75) is 4.90 Å². The highest BCUT2D eigenvalue weighted by Gasteiger charge is 2.13. The van der Waals surface area contributed by atoms with E-state index in [9.17, 15) is 5.26 Å². The molecule has 0 saturated carbocycles. The average molecular weight is 299 g/mol. The predicted molar refractivity (Wildman–Crippen MR) is 87.0 cm³/mol. The van der Waals surface area contributed by atoms with Crippen molar-refractivity contribution in [2.75, 3.05) is 32.4 Å². The lowest BCUT2D eigenvalue weighted by molar-refractivity contribution is 0.395. The molecule has 2 aromatic rings. The normalized spacial score (nSPS) is 10.0. The number of thioether (sulfide) groups is 1. The number of nitriles is 1. The molecule has 0 radical (unpaired) electrons. The fourth-order valence-electron chi connectivity index (χ4n) is 1.99. The highest BCUT2D eigenvalue weighted by molar-refractivity contribution is 7.98. The van der Waals surface area contributed by atoms with Gasteiger partial charge in [0.15, 0.2) is 0 Å². The molecule has 4 nitrogen and oxygen atoms in total. The topological polar surface area (TPSA) is 49.1 Å². The minimum atomic E-state index is 0.371. The first kappa shape index (κ1) is 15.2. The molecule has 1 aromatic carbocycles. The molecule has 1 heterocycles. The van der Waals surface area contributed by atoms with Crippen LogP contribution in [0.25, 0.3) is 11.3 Å². The van der Waals surface area contributed by atoms with Gasteiger partial charge in [-0.3, -0.25) is 0 Å². The SMILES string of the molecule is COc1nc(-c2ccc(N(C)C)cc2)cc(SC)c1C#N. The van der Waals surface area contributed by atoms with Crippen molar-refractivity contribution in [1.82, 2.24) is 4.98 Å². The number of hydrogen-bond acceptors (Lipinski definition) is 5. The van der Waals surface area contributed by atoms with Gasteiger partial charge in [-0.2, -0.15) is 5.26 Å². The van der Waals surface area contributed by atoms with Gasteiger partial charge < -0.3 is 9.64 Å². The van der Waals surface area contributed by atoms with Crippen LogP contribution in [0, 0.1) is 11.3 Å². The molecule has 0 spiro atoms. The summed E-state index contributed by atoms with van der Waals surface area (Å²) in [6, 6.07) is 12.2. The van der Waals surface area contributed by atoms with E-state index in [1.807, 2.05) is 55.6 Å². The number of rotatable bonds is 4. The fourth-order valence-corrected chi connectivity index (χ4v) is 2.56. The van der Waals surface area contributed by atoms with Crippen molar-refractivity contribution in [3.05, 3.63) is 35.9 Å². The molecule has 0 aliphatic rings. The van der Waals surface area contributed by atoms with E-state index >= 15 is 0 Å². The van der Waals surface area contributed by atoms with Gasteiger partial charge in [0.25, 0.3) is 0 Å². The fraction of sp³-hybridized carbons (Fsp3) is 0.250. The van der Waals surface area contributed by atoms with Gasteiger partial charge in [-0.1, -0.05) is 12.1 Å². The van der Waals surface area contributed by atoms with Gasteiger partial charge in [-0.25, -0.2) is 4.98 Å². The molecule has 108 valence electrons. The summed E-state index contributed by atoms with van der Waals surface area (Å²) < 4.78 is 5.25. The molecule has 0 aliphatic heterocycles. The highest BCUT2D eigenvalue weighted by atomic mass is 32.2. The second-order valence-corrected chi connectivity index (χ2v) is 5.50. The van der Waals surface area contributed by atoms with Gasteiger partial charge in [0, 0.05) is 30.2 Å². The minimum absolute atomic E-state index is 0.371. The van der Waals surface area contributed by atoms with Crippen LogP contribution in [-0.2, 0) is 0 Å². The summed E-state index contributed by atoms with van der Waals surface area (Å²) in [7, 11) is 5.54. The van der Waals surface area contributed by atoms with Crippen LogP contribution in [0.15, 0.2) is 35.2 Å². The molecule has 2 rings (SSSR count). The number of hydrogen-bond donors (Lipinski definition) is 0. The molecule has 0 atom stereocenters. The smallest absolute Gasteiger partial charge is 0.233 e. The summed E-state index contributed by atoms with van der Waals surface area (Å²) in [4.78, 5) is 7.36. The summed E-state index contributed by atoms with van der Waals surface area (Å²) >= 11 is 1.52. The van der Waals surface area contributed by atoms with E-state index in [2.05, 4.69) is 11.1 Å². The van der Waals surface area contributed by atoms with Crippen molar-refractivity contribution < 1.29 is 4.74 Å². The second kappa shape index (κ2) is 6.51. The van der Waals surface area contributed by atoms with E-state index in [1.165, 1.54) is 18.9 Å². The zero-order chi connectivity index (χ0) is 15.4. The Morgan fingerprint density at radius 2 is 1.90 bits per heavy atom. The number of ether oxygens (including phenoxy) is 1. The lowest BCUT2D eigenvalue weighted by atomic mass is 10.1. The largest absolute Gasteiger partial charge is 0.480 e. The van der Waals surface area contributed by atoms with Crippen LogP contribution < -0.4 is 9.64 Å². The first-order valence-corrected chi connectivity index (χ1v) is 7.64. The van der Waals surface area contributed by atoms with Crippen LogP contribution in [0.3, 0.4) is 0 Å². The van der Waals surface area contributed by atoms with Crippen LogP contribution in [0.5, 0.6) is 5.88 Å². The molecular formula is C16H17N3OS. The van der Waals surface area contributed by atoms with Crippen molar-refractivity contribution >= 4 is 17.4 Å². The lowest BCUT2D eigenvalue weighted by Crippen LogP contribution is -2.08. The highest BCUT2D eigenvalue weighted by Crippen LogP contribution is 2.32. The third-order valence-electron chi connectivity index (χ3n) is 3.15. The quantitative estimate of drug-likeness (QED) is 0.810. The number of methoxy groups -OCH3 is 1. The first-order chi connectivity index (χ1) is 10.1. The lowest BCUT2D eigenvalue weighted by Gasteiger charge is -2.13. The molecule has 0 bridgehead atoms. The number of benzene rings is 1.